The average Bonchev–Trinajstić information content (AvgIpc) is 2.44. The Labute approximate surface area is 124 Å². The quantitative estimate of drug-likeness (QED) is 0.905. The zero-order chi connectivity index (χ0) is 14.7. The zero-order valence-corrected chi connectivity index (χ0v) is 12.7. The van der Waals surface area contributed by atoms with Crippen molar-refractivity contribution in [2.45, 2.75) is 6.04 Å². The van der Waals surface area contributed by atoms with Crippen LogP contribution >= 0.6 is 15.9 Å². The Hall–Kier alpha value is -1.46. The maximum Gasteiger partial charge on any atom is 0.142 e. The van der Waals surface area contributed by atoms with Crippen molar-refractivity contribution in [3.05, 3.63) is 63.6 Å². The minimum absolute atomic E-state index is 0.366. The summed E-state index contributed by atoms with van der Waals surface area (Å²) in [7, 11) is 3.19. The van der Waals surface area contributed by atoms with Crippen LogP contribution in [0.15, 0.2) is 40.9 Å². The van der Waals surface area contributed by atoms with Gasteiger partial charge in [0.15, 0.2) is 0 Å². The highest BCUT2D eigenvalue weighted by atomic mass is 79.9. The van der Waals surface area contributed by atoms with E-state index in [1.54, 1.807) is 25.2 Å². The number of nitrogens with one attached hydrogen (secondary N) is 1. The van der Waals surface area contributed by atoms with Gasteiger partial charge in [0.25, 0.3) is 0 Å². The van der Waals surface area contributed by atoms with Crippen molar-refractivity contribution in [1.82, 2.24) is 5.32 Å². The summed E-state index contributed by atoms with van der Waals surface area (Å²) in [6.45, 7) is 0. The number of methoxy groups -OCH3 is 1. The van der Waals surface area contributed by atoms with Gasteiger partial charge in [-0.15, -0.1) is 0 Å². The van der Waals surface area contributed by atoms with E-state index in [0.29, 0.717) is 21.3 Å². The van der Waals surface area contributed by atoms with Crippen LogP contribution in [0.5, 0.6) is 5.75 Å². The summed E-state index contributed by atoms with van der Waals surface area (Å²) in [6, 6.07) is 8.70. The summed E-state index contributed by atoms with van der Waals surface area (Å²) in [5.41, 5.74) is 0.970. The monoisotopic (exact) mass is 341 g/mol. The molecule has 0 amide bonds. The van der Waals surface area contributed by atoms with E-state index >= 15 is 0 Å². The molecule has 2 aromatic carbocycles. The van der Waals surface area contributed by atoms with Crippen molar-refractivity contribution in [2.24, 2.45) is 0 Å². The number of rotatable bonds is 4. The molecule has 0 heterocycles. The summed E-state index contributed by atoms with van der Waals surface area (Å²) >= 11 is 3.16. The van der Waals surface area contributed by atoms with Gasteiger partial charge in [-0.05, 0) is 47.2 Å². The second kappa shape index (κ2) is 6.33. The van der Waals surface area contributed by atoms with Gasteiger partial charge >= 0.3 is 0 Å². The Morgan fingerprint density at radius 2 is 1.90 bits per heavy atom. The van der Waals surface area contributed by atoms with Crippen molar-refractivity contribution >= 4 is 15.9 Å². The molecular weight excluding hydrogens is 328 g/mol. The lowest BCUT2D eigenvalue weighted by Gasteiger charge is -2.21. The van der Waals surface area contributed by atoms with Gasteiger partial charge in [0.2, 0.25) is 0 Å². The van der Waals surface area contributed by atoms with E-state index in [1.165, 1.54) is 25.3 Å². The van der Waals surface area contributed by atoms with Gasteiger partial charge in [-0.3, -0.25) is 0 Å². The molecule has 2 aromatic rings. The Balaban J connectivity index is 2.58. The van der Waals surface area contributed by atoms with E-state index in [9.17, 15) is 8.78 Å². The molecule has 20 heavy (non-hydrogen) atoms. The van der Waals surface area contributed by atoms with Gasteiger partial charge in [-0.2, -0.15) is 0 Å². The fraction of sp³-hybridized carbons (Fsp3) is 0.200. The predicted molar refractivity (Wildman–Crippen MR) is 78.0 cm³/mol. The molecule has 0 aliphatic carbocycles. The smallest absolute Gasteiger partial charge is 0.142 e. The largest absolute Gasteiger partial charge is 0.496 e. The topological polar surface area (TPSA) is 21.3 Å². The van der Waals surface area contributed by atoms with Crippen molar-refractivity contribution in [1.29, 1.82) is 0 Å². The van der Waals surface area contributed by atoms with Crippen molar-refractivity contribution in [3.8, 4) is 5.75 Å². The normalized spacial score (nSPS) is 12.2. The SMILES string of the molecule is CNC(c1cc(F)ccc1OC)c1cccc(Br)c1F. The van der Waals surface area contributed by atoms with Gasteiger partial charge in [0, 0.05) is 11.1 Å². The molecule has 0 fully saturated rings. The van der Waals surface area contributed by atoms with Gasteiger partial charge < -0.3 is 10.1 Å². The van der Waals surface area contributed by atoms with Crippen LogP contribution in [0, 0.1) is 11.6 Å². The fourth-order valence-electron chi connectivity index (χ4n) is 2.15. The van der Waals surface area contributed by atoms with Crippen LogP contribution in [-0.4, -0.2) is 14.2 Å². The zero-order valence-electron chi connectivity index (χ0n) is 11.1. The van der Waals surface area contributed by atoms with Gasteiger partial charge in [0.1, 0.15) is 17.4 Å². The van der Waals surface area contributed by atoms with Crippen LogP contribution in [0.4, 0.5) is 8.78 Å². The maximum atomic E-state index is 14.2. The molecule has 0 spiro atoms. The third-order valence-corrected chi connectivity index (χ3v) is 3.70. The molecule has 1 atom stereocenters. The van der Waals surface area contributed by atoms with Crippen LogP contribution in [0.3, 0.4) is 0 Å². The van der Waals surface area contributed by atoms with Gasteiger partial charge in [-0.25, -0.2) is 8.78 Å². The second-order valence-corrected chi connectivity index (χ2v) is 5.11. The number of hydrogen-bond donors (Lipinski definition) is 1. The third-order valence-electron chi connectivity index (χ3n) is 3.08. The van der Waals surface area contributed by atoms with E-state index in [1.807, 2.05) is 0 Å². The standard InChI is InChI=1S/C15H14BrF2NO/c1-19-15(10-4-3-5-12(16)14(10)18)11-8-9(17)6-7-13(11)20-2/h3-8,15,19H,1-2H3. The van der Waals surface area contributed by atoms with Crippen LogP contribution in [0.1, 0.15) is 17.2 Å². The molecule has 2 nitrogen and oxygen atoms in total. The molecule has 0 bridgehead atoms. The van der Waals surface area contributed by atoms with Crippen molar-refractivity contribution < 1.29 is 13.5 Å². The van der Waals surface area contributed by atoms with Crippen LogP contribution in [0.25, 0.3) is 0 Å². The van der Waals surface area contributed by atoms with Gasteiger partial charge in [-0.1, -0.05) is 12.1 Å². The molecule has 1 N–H and O–H groups in total. The average molecular weight is 342 g/mol. The Kier molecular flexibility index (Phi) is 4.73. The lowest BCUT2D eigenvalue weighted by Crippen LogP contribution is -2.20. The molecule has 0 aliphatic heterocycles. The predicted octanol–water partition coefficient (Wildman–Crippen LogP) is 4.04. The Bertz CT molecular complexity index is 619. The second-order valence-electron chi connectivity index (χ2n) is 4.25. The molecule has 5 heteroatoms. The number of halogens is 3. The Morgan fingerprint density at radius 1 is 1.15 bits per heavy atom. The van der Waals surface area contributed by atoms with E-state index < -0.39 is 11.9 Å². The van der Waals surface area contributed by atoms with E-state index in [4.69, 9.17) is 4.74 Å². The lowest BCUT2D eigenvalue weighted by atomic mass is 9.97. The number of ether oxygens (including phenoxy) is 1. The first kappa shape index (κ1) is 14.9. The van der Waals surface area contributed by atoms with E-state index in [0.717, 1.165) is 0 Å². The molecule has 0 aliphatic rings. The Morgan fingerprint density at radius 3 is 2.55 bits per heavy atom. The minimum Gasteiger partial charge on any atom is -0.496 e. The molecule has 106 valence electrons. The van der Waals surface area contributed by atoms with Crippen LogP contribution in [-0.2, 0) is 0 Å². The van der Waals surface area contributed by atoms with Crippen molar-refractivity contribution in [3.63, 3.8) is 0 Å². The van der Waals surface area contributed by atoms with E-state index in [2.05, 4.69) is 21.2 Å². The fourth-order valence-corrected chi connectivity index (χ4v) is 2.53. The molecule has 0 saturated heterocycles. The minimum atomic E-state index is -0.502. The molecule has 2 rings (SSSR count). The number of benzene rings is 2. The van der Waals surface area contributed by atoms with Gasteiger partial charge in [0.05, 0.1) is 17.6 Å². The molecule has 0 aromatic heterocycles. The van der Waals surface area contributed by atoms with Crippen LogP contribution in [0.2, 0.25) is 0 Å². The summed E-state index contributed by atoms with van der Waals surface area (Å²) in [5, 5.41) is 3.00. The summed E-state index contributed by atoms with van der Waals surface area (Å²) in [5.74, 6) is -0.264. The number of hydrogen-bond acceptors (Lipinski definition) is 2. The highest BCUT2D eigenvalue weighted by molar-refractivity contribution is 9.10. The molecule has 0 saturated carbocycles. The first-order valence-corrected chi connectivity index (χ1v) is 6.82. The lowest BCUT2D eigenvalue weighted by molar-refractivity contribution is 0.403. The summed E-state index contributed by atoms with van der Waals surface area (Å²) in [4.78, 5) is 0. The first-order chi connectivity index (χ1) is 9.58. The van der Waals surface area contributed by atoms with E-state index in [-0.39, 0.29) is 5.82 Å². The van der Waals surface area contributed by atoms with Crippen LogP contribution < -0.4 is 10.1 Å². The summed E-state index contributed by atoms with van der Waals surface area (Å²) in [6.07, 6.45) is 0. The third kappa shape index (κ3) is 2.83. The summed E-state index contributed by atoms with van der Waals surface area (Å²) < 4.78 is 33.3. The highest BCUT2D eigenvalue weighted by Crippen LogP contribution is 2.33. The molecule has 0 radical (unpaired) electrons. The first-order valence-electron chi connectivity index (χ1n) is 6.03. The molecular formula is C15H14BrF2NO. The molecule has 1 unspecified atom stereocenters. The highest BCUT2D eigenvalue weighted by Gasteiger charge is 2.21. The van der Waals surface area contributed by atoms with Crippen molar-refractivity contribution in [2.75, 3.05) is 14.2 Å². The maximum absolute atomic E-state index is 14.2.